The molecular weight excluding hydrogens is 483 g/mol. The summed E-state index contributed by atoms with van der Waals surface area (Å²) in [6.07, 6.45) is 3.09. The number of methoxy groups -OCH3 is 2. The molecule has 2 aromatic carbocycles. The van der Waals surface area contributed by atoms with Crippen molar-refractivity contribution in [2.45, 2.75) is 11.6 Å². The topological polar surface area (TPSA) is 52.6 Å². The molecule has 0 N–H and O–H groups in total. The van der Waals surface area contributed by atoms with E-state index in [1.54, 1.807) is 30.3 Å². The third-order valence-electron chi connectivity index (χ3n) is 3.93. The summed E-state index contributed by atoms with van der Waals surface area (Å²) in [7, 11) is 2.05. The Labute approximate surface area is 173 Å². The van der Waals surface area contributed by atoms with Gasteiger partial charge in [-0.25, -0.2) is 14.0 Å². The van der Waals surface area contributed by atoms with Crippen LogP contribution in [0.4, 0.5) is 4.39 Å². The number of ether oxygens (including phenoxy) is 2. The van der Waals surface area contributed by atoms with Crippen molar-refractivity contribution in [1.82, 2.24) is 0 Å². The third-order valence-corrected chi connectivity index (χ3v) is 4.92. The van der Waals surface area contributed by atoms with Crippen LogP contribution in [0.1, 0.15) is 17.0 Å². The Kier molecular flexibility index (Phi) is 7.33. The molecule has 1 atom stereocenters. The summed E-state index contributed by atoms with van der Waals surface area (Å²) in [6, 6.07) is 14.0. The number of hydrogen-bond acceptors (Lipinski definition) is 4. The average Bonchev–Trinajstić information content (AvgIpc) is 2.66. The quantitative estimate of drug-likeness (QED) is 0.411. The highest BCUT2D eigenvalue weighted by Gasteiger charge is 2.55. The highest BCUT2D eigenvalue weighted by molar-refractivity contribution is 9.10. The van der Waals surface area contributed by atoms with Crippen LogP contribution in [-0.2, 0) is 19.1 Å². The normalized spacial score (nSPS) is 12.6. The molecule has 0 saturated carbocycles. The molecule has 0 aliphatic rings. The fraction of sp³-hybridized carbons (Fsp3) is 0.200. The van der Waals surface area contributed by atoms with Crippen LogP contribution in [0.3, 0.4) is 0 Å². The number of alkyl halides is 1. The smallest absolute Gasteiger partial charge is 0.356 e. The van der Waals surface area contributed by atoms with Gasteiger partial charge in [0, 0.05) is 8.95 Å². The second-order valence-electron chi connectivity index (χ2n) is 5.64. The summed E-state index contributed by atoms with van der Waals surface area (Å²) < 4.78 is 26.5. The van der Waals surface area contributed by atoms with E-state index in [2.05, 4.69) is 41.3 Å². The Morgan fingerprint density at radius 2 is 1.56 bits per heavy atom. The molecule has 27 heavy (non-hydrogen) atoms. The van der Waals surface area contributed by atoms with Crippen LogP contribution in [0.2, 0.25) is 0 Å². The lowest BCUT2D eigenvalue weighted by Crippen LogP contribution is -2.48. The van der Waals surface area contributed by atoms with Crippen LogP contribution in [0.5, 0.6) is 0 Å². The predicted octanol–water partition coefficient (Wildman–Crippen LogP) is 5.06. The Bertz CT molecular complexity index is 851. The van der Waals surface area contributed by atoms with Crippen molar-refractivity contribution in [2.75, 3.05) is 14.2 Å². The molecule has 0 spiro atoms. The van der Waals surface area contributed by atoms with Gasteiger partial charge in [0.25, 0.3) is 0 Å². The van der Waals surface area contributed by atoms with Gasteiger partial charge in [0.15, 0.2) is 0 Å². The van der Waals surface area contributed by atoms with Gasteiger partial charge in [-0.15, -0.1) is 0 Å². The van der Waals surface area contributed by atoms with E-state index in [1.165, 1.54) is 6.08 Å². The molecule has 4 nitrogen and oxygen atoms in total. The molecule has 7 heteroatoms. The zero-order chi connectivity index (χ0) is 20.0. The highest BCUT2D eigenvalue weighted by Crippen LogP contribution is 2.37. The Hall–Kier alpha value is -1.99. The molecule has 1 unspecified atom stereocenters. The summed E-state index contributed by atoms with van der Waals surface area (Å²) in [6.45, 7) is 0. The Balaban J connectivity index is 2.61. The van der Waals surface area contributed by atoms with Crippen LogP contribution < -0.4 is 0 Å². The number of allylic oxidation sites excluding steroid dienone is 1. The van der Waals surface area contributed by atoms with Gasteiger partial charge in [-0.05, 0) is 35.4 Å². The minimum atomic E-state index is -3.03. The second-order valence-corrected chi connectivity index (χ2v) is 7.47. The fourth-order valence-corrected chi connectivity index (χ4v) is 3.46. The van der Waals surface area contributed by atoms with Gasteiger partial charge < -0.3 is 9.47 Å². The lowest BCUT2D eigenvalue weighted by Gasteiger charge is -2.27. The Morgan fingerprint density at radius 1 is 1.00 bits per heavy atom. The number of benzene rings is 2. The van der Waals surface area contributed by atoms with Crippen LogP contribution in [0.15, 0.2) is 63.6 Å². The van der Waals surface area contributed by atoms with Crippen LogP contribution in [0.25, 0.3) is 6.08 Å². The van der Waals surface area contributed by atoms with Gasteiger partial charge in [0.2, 0.25) is 0 Å². The number of rotatable bonds is 6. The fourth-order valence-electron chi connectivity index (χ4n) is 2.63. The average molecular weight is 500 g/mol. The molecule has 0 bridgehead atoms. The van der Waals surface area contributed by atoms with E-state index in [9.17, 15) is 9.59 Å². The van der Waals surface area contributed by atoms with Gasteiger partial charge in [-0.1, -0.05) is 68.3 Å². The van der Waals surface area contributed by atoms with Crippen molar-refractivity contribution in [3.8, 4) is 0 Å². The summed E-state index contributed by atoms with van der Waals surface area (Å²) in [5.41, 5.74) is -1.86. The maximum absolute atomic E-state index is 15.8. The van der Waals surface area contributed by atoms with Crippen molar-refractivity contribution in [2.24, 2.45) is 0 Å². The molecule has 0 heterocycles. The van der Waals surface area contributed by atoms with Crippen molar-refractivity contribution < 1.29 is 23.5 Å². The van der Waals surface area contributed by atoms with E-state index in [4.69, 9.17) is 0 Å². The molecule has 0 radical (unpaired) electrons. The van der Waals surface area contributed by atoms with Gasteiger partial charge in [0.1, 0.15) is 0 Å². The number of carbonyl (C=O) groups excluding carboxylic acids is 2. The standard InChI is InChI=1S/C20H17Br2FO4/c1-26-18(24)20(23,19(25)27-2)17(14-6-4-8-16(22)12-14)10-9-13-5-3-7-15(21)11-13/h3-12,17H,1-2H3/b10-9+. The summed E-state index contributed by atoms with van der Waals surface area (Å²) >= 11 is 6.70. The molecule has 0 fully saturated rings. The van der Waals surface area contributed by atoms with E-state index >= 15 is 4.39 Å². The zero-order valence-corrected chi connectivity index (χ0v) is 17.8. The third kappa shape index (κ3) is 4.84. The van der Waals surface area contributed by atoms with Gasteiger partial charge in [0.05, 0.1) is 20.1 Å². The highest BCUT2D eigenvalue weighted by atomic mass is 79.9. The maximum atomic E-state index is 15.8. The summed E-state index contributed by atoms with van der Waals surface area (Å²) in [4.78, 5) is 24.5. The van der Waals surface area contributed by atoms with Crippen molar-refractivity contribution in [3.05, 3.63) is 74.7 Å². The number of esters is 2. The molecule has 0 aliphatic heterocycles. The first-order valence-electron chi connectivity index (χ1n) is 7.88. The predicted molar refractivity (Wildman–Crippen MR) is 108 cm³/mol. The summed E-state index contributed by atoms with van der Waals surface area (Å²) in [5, 5.41) is 0. The maximum Gasteiger partial charge on any atom is 0.356 e. The van der Waals surface area contributed by atoms with Crippen LogP contribution >= 0.6 is 31.9 Å². The van der Waals surface area contributed by atoms with E-state index in [1.807, 2.05) is 24.3 Å². The molecule has 0 saturated heterocycles. The Morgan fingerprint density at radius 3 is 2.07 bits per heavy atom. The minimum absolute atomic E-state index is 0.411. The monoisotopic (exact) mass is 498 g/mol. The molecule has 0 aromatic heterocycles. The molecule has 2 rings (SSSR count). The van der Waals surface area contributed by atoms with Crippen LogP contribution in [0, 0.1) is 0 Å². The number of hydrogen-bond donors (Lipinski definition) is 0. The number of halogens is 3. The molecule has 2 aromatic rings. The van der Waals surface area contributed by atoms with Crippen LogP contribution in [-0.4, -0.2) is 31.8 Å². The van der Waals surface area contributed by atoms with Gasteiger partial charge in [-0.2, -0.15) is 0 Å². The van der Waals surface area contributed by atoms with E-state index < -0.39 is 23.5 Å². The summed E-state index contributed by atoms with van der Waals surface area (Å²) in [5.74, 6) is -3.90. The number of carbonyl (C=O) groups is 2. The van der Waals surface area contributed by atoms with Gasteiger partial charge in [-0.3, -0.25) is 0 Å². The van der Waals surface area contributed by atoms with Gasteiger partial charge >= 0.3 is 17.6 Å². The minimum Gasteiger partial charge on any atom is -0.466 e. The van der Waals surface area contributed by atoms with Crippen molar-refractivity contribution in [1.29, 1.82) is 0 Å². The molecule has 0 amide bonds. The molecular formula is C20H17Br2FO4. The van der Waals surface area contributed by atoms with E-state index in [0.29, 0.717) is 10.0 Å². The van der Waals surface area contributed by atoms with Crippen molar-refractivity contribution in [3.63, 3.8) is 0 Å². The second kappa shape index (κ2) is 9.28. The van der Waals surface area contributed by atoms with E-state index in [0.717, 1.165) is 24.3 Å². The van der Waals surface area contributed by atoms with Crippen molar-refractivity contribution >= 4 is 49.9 Å². The van der Waals surface area contributed by atoms with E-state index in [-0.39, 0.29) is 0 Å². The SMILES string of the molecule is COC(=O)C(F)(C(=O)OC)C(/C=C/c1cccc(Br)c1)c1cccc(Br)c1. The first-order valence-corrected chi connectivity index (χ1v) is 9.46. The lowest BCUT2D eigenvalue weighted by atomic mass is 9.82. The molecule has 0 aliphatic carbocycles. The largest absolute Gasteiger partial charge is 0.466 e. The first-order chi connectivity index (χ1) is 12.8. The zero-order valence-electron chi connectivity index (χ0n) is 14.6. The lowest BCUT2D eigenvalue weighted by molar-refractivity contribution is -0.172. The first kappa shape index (κ1) is 21.3. The molecule has 142 valence electrons.